The summed E-state index contributed by atoms with van der Waals surface area (Å²) in [6.07, 6.45) is 3.48. The van der Waals surface area contributed by atoms with Gasteiger partial charge in [0.1, 0.15) is 11.3 Å². The van der Waals surface area contributed by atoms with Crippen LogP contribution in [0.3, 0.4) is 0 Å². The molecular weight excluding hydrogens is 458 g/mol. The van der Waals surface area contributed by atoms with Crippen molar-refractivity contribution in [3.8, 4) is 5.75 Å². The zero-order chi connectivity index (χ0) is 16.8. The maximum atomic E-state index is 12.8. The lowest BCUT2D eigenvalue weighted by Gasteiger charge is -2.04. The predicted octanol–water partition coefficient (Wildman–Crippen LogP) is 3.39. The van der Waals surface area contributed by atoms with E-state index in [1.165, 1.54) is 11.3 Å². The number of ether oxygens (including phenoxy) is 1. The number of pyridine rings is 1. The number of aromatic nitrogens is 3. The van der Waals surface area contributed by atoms with E-state index in [1.54, 1.807) is 17.7 Å². The molecule has 1 aromatic carbocycles. The van der Waals surface area contributed by atoms with Crippen molar-refractivity contribution in [3.05, 3.63) is 59.9 Å². The van der Waals surface area contributed by atoms with Crippen molar-refractivity contribution in [3.63, 3.8) is 0 Å². The molecule has 0 saturated carbocycles. The van der Waals surface area contributed by atoms with Crippen LogP contribution in [0.2, 0.25) is 0 Å². The van der Waals surface area contributed by atoms with E-state index in [2.05, 4.69) is 41.8 Å². The van der Waals surface area contributed by atoms with Crippen LogP contribution in [0.25, 0.3) is 22.2 Å². The Kier molecular flexibility index (Phi) is 3.90. The summed E-state index contributed by atoms with van der Waals surface area (Å²) in [4.78, 5) is 22.2. The molecule has 5 nitrogen and oxygen atoms in total. The number of nitrogens with zero attached hydrogens (tertiary/aromatic N) is 3. The Morgan fingerprint density at radius 1 is 1.25 bits per heavy atom. The van der Waals surface area contributed by atoms with E-state index in [0.29, 0.717) is 26.4 Å². The fraction of sp³-hybridized carbons (Fsp3) is 0.0625. The van der Waals surface area contributed by atoms with Gasteiger partial charge in [0.05, 0.1) is 11.6 Å². The molecule has 4 rings (SSSR count). The van der Waals surface area contributed by atoms with E-state index in [1.807, 2.05) is 30.3 Å². The van der Waals surface area contributed by atoms with E-state index in [-0.39, 0.29) is 5.56 Å². The first-order chi connectivity index (χ1) is 11.6. The lowest BCUT2D eigenvalue weighted by molar-refractivity contribution is 0.414. The van der Waals surface area contributed by atoms with Crippen LogP contribution in [0.5, 0.6) is 5.75 Å². The molecule has 0 radical (unpaired) electrons. The van der Waals surface area contributed by atoms with E-state index in [0.717, 1.165) is 14.5 Å². The first-order valence-electron chi connectivity index (χ1n) is 6.88. The zero-order valence-corrected chi connectivity index (χ0v) is 16.3. The van der Waals surface area contributed by atoms with Crippen molar-refractivity contribution in [1.82, 2.24) is 14.4 Å². The molecule has 4 aromatic rings. The molecule has 120 valence electrons. The fourth-order valence-corrected chi connectivity index (χ4v) is 4.14. The van der Waals surface area contributed by atoms with Gasteiger partial charge in [-0.15, -0.1) is 0 Å². The molecule has 0 unspecified atom stereocenters. The number of methoxy groups -OCH3 is 1. The molecule has 0 spiro atoms. The molecule has 0 fully saturated rings. The van der Waals surface area contributed by atoms with Crippen molar-refractivity contribution < 1.29 is 4.74 Å². The minimum absolute atomic E-state index is 0.130. The van der Waals surface area contributed by atoms with Crippen LogP contribution in [-0.4, -0.2) is 21.5 Å². The van der Waals surface area contributed by atoms with Crippen LogP contribution in [0.15, 0.2) is 44.2 Å². The number of rotatable bonds is 2. The number of benzene rings is 1. The Morgan fingerprint density at radius 3 is 2.88 bits per heavy atom. The summed E-state index contributed by atoms with van der Waals surface area (Å²) < 4.78 is 9.24. The first kappa shape index (κ1) is 15.7. The van der Waals surface area contributed by atoms with E-state index >= 15 is 0 Å². The highest BCUT2D eigenvalue weighted by Crippen LogP contribution is 2.24. The van der Waals surface area contributed by atoms with Gasteiger partial charge in [-0.1, -0.05) is 27.3 Å². The fourth-order valence-electron chi connectivity index (χ4n) is 2.47. The molecule has 0 amide bonds. The van der Waals surface area contributed by atoms with Gasteiger partial charge in [0.2, 0.25) is 0 Å². The summed E-state index contributed by atoms with van der Waals surface area (Å²) in [6, 6.07) is 7.51. The number of fused-ring (bicyclic) bond motifs is 3. The summed E-state index contributed by atoms with van der Waals surface area (Å²) in [6.45, 7) is 0. The van der Waals surface area contributed by atoms with Crippen LogP contribution < -0.4 is 14.8 Å². The Balaban J connectivity index is 2.00. The molecular formula is C16H9Br2N3O2S. The van der Waals surface area contributed by atoms with Crippen molar-refractivity contribution in [2.75, 3.05) is 7.11 Å². The quantitative estimate of drug-likeness (QED) is 0.454. The standard InChI is InChI=1S/C16H9Br2N3O2S/c1-23-12-3-2-9(17)4-8(12)5-13-15(22)21-14-11(20-16(21)24-13)6-10(18)7-19-14/h2-7H,1H3/b13-5-. The number of hydrogen-bond donors (Lipinski definition) is 0. The Labute approximate surface area is 156 Å². The number of imidazole rings is 1. The predicted molar refractivity (Wildman–Crippen MR) is 102 cm³/mol. The molecule has 8 heteroatoms. The van der Waals surface area contributed by atoms with Crippen LogP contribution in [0, 0.1) is 0 Å². The summed E-state index contributed by atoms with van der Waals surface area (Å²) in [5.41, 5.74) is 1.96. The molecule has 0 saturated heterocycles. The highest BCUT2D eigenvalue weighted by molar-refractivity contribution is 9.10. The summed E-state index contributed by atoms with van der Waals surface area (Å²) in [5, 5.41) is 0. The van der Waals surface area contributed by atoms with Gasteiger partial charge in [-0.05, 0) is 46.3 Å². The molecule has 3 heterocycles. The van der Waals surface area contributed by atoms with Crippen LogP contribution >= 0.6 is 43.2 Å². The van der Waals surface area contributed by atoms with Gasteiger partial charge in [-0.3, -0.25) is 4.79 Å². The number of hydrogen-bond acceptors (Lipinski definition) is 5. The molecule has 0 aliphatic carbocycles. The highest BCUT2D eigenvalue weighted by Gasteiger charge is 2.13. The zero-order valence-electron chi connectivity index (χ0n) is 12.3. The smallest absolute Gasteiger partial charge is 0.276 e. The van der Waals surface area contributed by atoms with Crippen LogP contribution in [0.1, 0.15) is 5.56 Å². The van der Waals surface area contributed by atoms with Gasteiger partial charge in [0, 0.05) is 20.7 Å². The van der Waals surface area contributed by atoms with Crippen LogP contribution in [-0.2, 0) is 0 Å². The minimum atomic E-state index is -0.130. The van der Waals surface area contributed by atoms with Crippen molar-refractivity contribution in [2.45, 2.75) is 0 Å². The summed E-state index contributed by atoms with van der Waals surface area (Å²) in [7, 11) is 1.61. The SMILES string of the molecule is COc1ccc(Br)cc1/C=c1\sc2nc3cc(Br)cnc3n2c1=O. The lowest BCUT2D eigenvalue weighted by Crippen LogP contribution is -2.23. The van der Waals surface area contributed by atoms with Gasteiger partial charge in [-0.2, -0.15) is 0 Å². The molecule has 24 heavy (non-hydrogen) atoms. The largest absolute Gasteiger partial charge is 0.496 e. The van der Waals surface area contributed by atoms with E-state index < -0.39 is 0 Å². The van der Waals surface area contributed by atoms with Gasteiger partial charge < -0.3 is 4.74 Å². The van der Waals surface area contributed by atoms with Crippen molar-refractivity contribution >= 4 is 65.4 Å². The third-order valence-electron chi connectivity index (χ3n) is 3.53. The molecule has 0 N–H and O–H groups in total. The molecule has 0 bridgehead atoms. The van der Waals surface area contributed by atoms with Gasteiger partial charge >= 0.3 is 0 Å². The topological polar surface area (TPSA) is 56.5 Å². The monoisotopic (exact) mass is 465 g/mol. The Bertz CT molecular complexity index is 1200. The second kappa shape index (κ2) is 5.94. The maximum Gasteiger partial charge on any atom is 0.276 e. The summed E-state index contributed by atoms with van der Waals surface area (Å²) >= 11 is 8.14. The molecule has 3 aromatic heterocycles. The first-order valence-corrected chi connectivity index (χ1v) is 9.29. The maximum absolute atomic E-state index is 12.8. The van der Waals surface area contributed by atoms with Crippen LogP contribution in [0.4, 0.5) is 0 Å². The Hall–Kier alpha value is -1.77. The minimum Gasteiger partial charge on any atom is -0.496 e. The van der Waals surface area contributed by atoms with Gasteiger partial charge in [0.25, 0.3) is 5.56 Å². The van der Waals surface area contributed by atoms with Gasteiger partial charge in [0.15, 0.2) is 10.6 Å². The highest BCUT2D eigenvalue weighted by atomic mass is 79.9. The van der Waals surface area contributed by atoms with Gasteiger partial charge in [-0.25, -0.2) is 14.4 Å². The second-order valence-corrected chi connectivity index (χ2v) is 7.87. The lowest BCUT2D eigenvalue weighted by atomic mass is 10.2. The average molecular weight is 467 g/mol. The average Bonchev–Trinajstić information content (AvgIpc) is 3.04. The second-order valence-electron chi connectivity index (χ2n) is 5.03. The van der Waals surface area contributed by atoms with E-state index in [9.17, 15) is 4.79 Å². The normalized spacial score (nSPS) is 12.4. The summed E-state index contributed by atoms with van der Waals surface area (Å²) in [5.74, 6) is 0.704. The third-order valence-corrected chi connectivity index (χ3v) is 5.42. The number of thiazole rings is 1. The molecule has 0 atom stereocenters. The van der Waals surface area contributed by atoms with Crippen molar-refractivity contribution in [1.29, 1.82) is 0 Å². The molecule has 0 aliphatic rings. The third kappa shape index (κ3) is 2.54. The number of halogens is 2. The Morgan fingerprint density at radius 2 is 2.08 bits per heavy atom. The van der Waals surface area contributed by atoms with Crippen molar-refractivity contribution in [2.24, 2.45) is 0 Å². The van der Waals surface area contributed by atoms with E-state index in [4.69, 9.17) is 4.74 Å². The molecule has 0 aliphatic heterocycles.